The molecule has 130 valence electrons. The van der Waals surface area contributed by atoms with E-state index >= 15 is 0 Å². The number of rotatable bonds is 8. The van der Waals surface area contributed by atoms with Crippen LogP contribution < -0.4 is 10.0 Å². The van der Waals surface area contributed by atoms with Gasteiger partial charge < -0.3 is 5.32 Å². The summed E-state index contributed by atoms with van der Waals surface area (Å²) in [5, 5.41) is 11.8. The standard InChI is InChI=1S/C14H17ClN4O3S2/c1-2-5-13-18-19-14(23-13)17-12(20)8-9-16-24(21,22)11-7-4-3-6-10(11)15/h3-4,6-7,16H,2,5,8-9H2,1H3,(H,17,19,20). The molecule has 0 aliphatic carbocycles. The molecule has 1 aromatic heterocycles. The zero-order valence-electron chi connectivity index (χ0n) is 13.0. The van der Waals surface area contributed by atoms with Gasteiger partial charge in [-0.25, -0.2) is 13.1 Å². The summed E-state index contributed by atoms with van der Waals surface area (Å²) in [6.07, 6.45) is 1.74. The highest BCUT2D eigenvalue weighted by Gasteiger charge is 2.17. The van der Waals surface area contributed by atoms with Crippen molar-refractivity contribution in [2.45, 2.75) is 31.1 Å². The van der Waals surface area contributed by atoms with Crippen molar-refractivity contribution in [3.8, 4) is 0 Å². The zero-order valence-corrected chi connectivity index (χ0v) is 15.3. The first-order valence-corrected chi connectivity index (χ1v) is 9.96. The summed E-state index contributed by atoms with van der Waals surface area (Å²) in [7, 11) is -3.75. The highest BCUT2D eigenvalue weighted by molar-refractivity contribution is 7.89. The lowest BCUT2D eigenvalue weighted by molar-refractivity contribution is -0.116. The molecule has 0 bridgehead atoms. The molecule has 0 unspecified atom stereocenters. The van der Waals surface area contributed by atoms with Crippen LogP contribution in [0.4, 0.5) is 5.13 Å². The van der Waals surface area contributed by atoms with Crippen LogP contribution >= 0.6 is 22.9 Å². The first kappa shape index (κ1) is 18.8. The fourth-order valence-corrected chi connectivity index (χ4v) is 4.25. The van der Waals surface area contributed by atoms with Crippen molar-refractivity contribution >= 4 is 44.0 Å². The lowest BCUT2D eigenvalue weighted by atomic mass is 10.4. The van der Waals surface area contributed by atoms with E-state index in [1.165, 1.54) is 23.5 Å². The van der Waals surface area contributed by atoms with E-state index < -0.39 is 10.0 Å². The quantitative estimate of drug-likeness (QED) is 0.723. The molecule has 0 aliphatic rings. The maximum atomic E-state index is 12.1. The molecule has 0 saturated heterocycles. The Morgan fingerprint density at radius 1 is 1.29 bits per heavy atom. The summed E-state index contributed by atoms with van der Waals surface area (Å²) in [5.74, 6) is -0.337. The fourth-order valence-electron chi connectivity index (χ4n) is 1.84. The van der Waals surface area contributed by atoms with Crippen molar-refractivity contribution < 1.29 is 13.2 Å². The molecule has 10 heteroatoms. The molecule has 24 heavy (non-hydrogen) atoms. The van der Waals surface area contributed by atoms with Gasteiger partial charge in [-0.2, -0.15) is 0 Å². The second-order valence-corrected chi connectivity index (χ2v) is 8.08. The Labute approximate surface area is 149 Å². The van der Waals surface area contributed by atoms with E-state index in [1.807, 2.05) is 6.92 Å². The van der Waals surface area contributed by atoms with Crippen LogP contribution in [0.25, 0.3) is 0 Å². The molecule has 0 radical (unpaired) electrons. The second kappa shape index (κ2) is 8.52. The number of hydrogen-bond donors (Lipinski definition) is 2. The predicted molar refractivity (Wildman–Crippen MR) is 93.8 cm³/mol. The Morgan fingerprint density at radius 3 is 2.75 bits per heavy atom. The van der Waals surface area contributed by atoms with Crippen LogP contribution in [0, 0.1) is 0 Å². The average Bonchev–Trinajstić information content (AvgIpc) is 2.94. The van der Waals surface area contributed by atoms with Crippen molar-refractivity contribution in [1.82, 2.24) is 14.9 Å². The number of carbonyl (C=O) groups excluding carboxylic acids is 1. The van der Waals surface area contributed by atoms with E-state index in [4.69, 9.17) is 11.6 Å². The number of hydrogen-bond acceptors (Lipinski definition) is 6. The van der Waals surface area contributed by atoms with E-state index in [0.29, 0.717) is 5.13 Å². The van der Waals surface area contributed by atoms with Crippen molar-refractivity contribution in [2.75, 3.05) is 11.9 Å². The third kappa shape index (κ3) is 5.23. The largest absolute Gasteiger partial charge is 0.300 e. The van der Waals surface area contributed by atoms with Gasteiger partial charge in [-0.1, -0.05) is 42.0 Å². The van der Waals surface area contributed by atoms with E-state index in [1.54, 1.807) is 12.1 Å². The number of benzene rings is 1. The first-order valence-electron chi connectivity index (χ1n) is 7.29. The Kier molecular flexibility index (Phi) is 6.67. The van der Waals surface area contributed by atoms with Gasteiger partial charge in [0.15, 0.2) is 0 Å². The van der Waals surface area contributed by atoms with Crippen LogP contribution in [0.3, 0.4) is 0 Å². The number of nitrogens with zero attached hydrogens (tertiary/aromatic N) is 2. The summed E-state index contributed by atoms with van der Waals surface area (Å²) < 4.78 is 26.6. The Balaban J connectivity index is 1.84. The monoisotopic (exact) mass is 388 g/mol. The van der Waals surface area contributed by atoms with E-state index in [2.05, 4.69) is 20.2 Å². The number of aryl methyl sites for hydroxylation is 1. The smallest absolute Gasteiger partial charge is 0.242 e. The molecular weight excluding hydrogens is 372 g/mol. The number of aromatic nitrogens is 2. The lowest BCUT2D eigenvalue weighted by Gasteiger charge is -2.07. The van der Waals surface area contributed by atoms with Crippen LogP contribution in [0.1, 0.15) is 24.8 Å². The van der Waals surface area contributed by atoms with Gasteiger partial charge in [-0.15, -0.1) is 10.2 Å². The molecule has 1 heterocycles. The van der Waals surface area contributed by atoms with Crippen LogP contribution in [0.5, 0.6) is 0 Å². The van der Waals surface area contributed by atoms with Crippen molar-refractivity contribution in [1.29, 1.82) is 0 Å². The van der Waals surface area contributed by atoms with Crippen LogP contribution in [-0.2, 0) is 21.2 Å². The van der Waals surface area contributed by atoms with E-state index in [9.17, 15) is 13.2 Å². The third-order valence-corrected chi connectivity index (χ3v) is 5.81. The highest BCUT2D eigenvalue weighted by atomic mass is 35.5. The van der Waals surface area contributed by atoms with Gasteiger partial charge in [0.1, 0.15) is 9.90 Å². The minimum absolute atomic E-state index is 0.0135. The molecule has 7 nitrogen and oxygen atoms in total. The van der Waals surface area contributed by atoms with Crippen molar-refractivity contribution in [3.63, 3.8) is 0 Å². The number of anilines is 1. The average molecular weight is 389 g/mol. The molecule has 0 saturated carbocycles. The molecule has 0 aliphatic heterocycles. The minimum atomic E-state index is -3.75. The Hall–Kier alpha value is -1.55. The van der Waals surface area contributed by atoms with Gasteiger partial charge in [0, 0.05) is 19.4 Å². The van der Waals surface area contributed by atoms with Gasteiger partial charge in [0.25, 0.3) is 0 Å². The molecule has 0 fully saturated rings. The molecule has 2 N–H and O–H groups in total. The molecule has 2 rings (SSSR count). The summed E-state index contributed by atoms with van der Waals surface area (Å²) in [6.45, 7) is 1.99. The molecule has 0 atom stereocenters. The van der Waals surface area contributed by atoms with E-state index in [-0.39, 0.29) is 28.8 Å². The van der Waals surface area contributed by atoms with Gasteiger partial charge in [0.2, 0.25) is 21.1 Å². The number of carbonyl (C=O) groups is 1. The number of sulfonamides is 1. The number of nitrogens with one attached hydrogen (secondary N) is 2. The van der Waals surface area contributed by atoms with Gasteiger partial charge in [-0.3, -0.25) is 4.79 Å². The zero-order chi connectivity index (χ0) is 17.6. The fraction of sp³-hybridized carbons (Fsp3) is 0.357. The van der Waals surface area contributed by atoms with Crippen LogP contribution in [-0.4, -0.2) is 31.1 Å². The van der Waals surface area contributed by atoms with Gasteiger partial charge in [0.05, 0.1) is 5.02 Å². The maximum Gasteiger partial charge on any atom is 0.242 e. The number of amides is 1. The SMILES string of the molecule is CCCc1nnc(NC(=O)CCNS(=O)(=O)c2ccccc2Cl)s1. The van der Waals surface area contributed by atoms with Gasteiger partial charge >= 0.3 is 0 Å². The lowest BCUT2D eigenvalue weighted by Crippen LogP contribution is -2.28. The minimum Gasteiger partial charge on any atom is -0.300 e. The normalized spacial score (nSPS) is 11.4. The molecule has 1 aromatic carbocycles. The predicted octanol–water partition coefficient (Wildman–Crippen LogP) is 2.45. The van der Waals surface area contributed by atoms with Crippen LogP contribution in [0.2, 0.25) is 5.02 Å². The topological polar surface area (TPSA) is 101 Å². The first-order chi connectivity index (χ1) is 11.4. The molecule has 1 amide bonds. The van der Waals surface area contributed by atoms with Gasteiger partial charge in [-0.05, 0) is 18.6 Å². The summed E-state index contributed by atoms with van der Waals surface area (Å²) in [4.78, 5) is 11.8. The molecular formula is C14H17ClN4O3S2. The number of halogens is 1. The molecule has 0 spiro atoms. The summed E-state index contributed by atoms with van der Waals surface area (Å²) in [6, 6.07) is 6.12. The molecule has 2 aromatic rings. The van der Waals surface area contributed by atoms with Crippen LogP contribution in [0.15, 0.2) is 29.2 Å². The summed E-state index contributed by atoms with van der Waals surface area (Å²) in [5.41, 5.74) is 0. The van der Waals surface area contributed by atoms with Crippen molar-refractivity contribution in [3.05, 3.63) is 34.3 Å². The summed E-state index contributed by atoms with van der Waals surface area (Å²) >= 11 is 7.19. The highest BCUT2D eigenvalue weighted by Crippen LogP contribution is 2.20. The second-order valence-electron chi connectivity index (χ2n) is 4.88. The Morgan fingerprint density at radius 2 is 2.04 bits per heavy atom. The van der Waals surface area contributed by atoms with Crippen molar-refractivity contribution in [2.24, 2.45) is 0 Å². The third-order valence-electron chi connectivity index (χ3n) is 2.95. The van der Waals surface area contributed by atoms with E-state index in [0.717, 1.165) is 17.8 Å². The Bertz CT molecular complexity index is 808. The maximum absolute atomic E-state index is 12.1.